The fourth-order valence-corrected chi connectivity index (χ4v) is 3.96. The SMILES string of the molecule is CCCCNC(=O)C1CCC(C(=O)Nc2ccc(N(CC)CC)cc2C)CC1. The Labute approximate surface area is 170 Å². The van der Waals surface area contributed by atoms with Gasteiger partial charge in [0.1, 0.15) is 0 Å². The smallest absolute Gasteiger partial charge is 0.227 e. The molecule has 0 aromatic heterocycles. The molecule has 1 aliphatic rings. The van der Waals surface area contributed by atoms with Crippen LogP contribution in [-0.4, -0.2) is 31.4 Å². The molecule has 0 bridgehead atoms. The summed E-state index contributed by atoms with van der Waals surface area (Å²) in [7, 11) is 0. The van der Waals surface area contributed by atoms with E-state index < -0.39 is 0 Å². The highest BCUT2D eigenvalue weighted by atomic mass is 16.2. The van der Waals surface area contributed by atoms with Gasteiger partial charge in [-0.1, -0.05) is 13.3 Å². The molecular weight excluding hydrogens is 350 g/mol. The summed E-state index contributed by atoms with van der Waals surface area (Å²) in [6.07, 6.45) is 5.28. The van der Waals surface area contributed by atoms with Gasteiger partial charge in [0.2, 0.25) is 11.8 Å². The van der Waals surface area contributed by atoms with Crippen LogP contribution < -0.4 is 15.5 Å². The number of hydrogen-bond acceptors (Lipinski definition) is 3. The van der Waals surface area contributed by atoms with Crippen molar-refractivity contribution >= 4 is 23.2 Å². The Hall–Kier alpha value is -2.04. The highest BCUT2D eigenvalue weighted by molar-refractivity contribution is 5.93. The van der Waals surface area contributed by atoms with Crippen LogP contribution in [0.15, 0.2) is 18.2 Å². The van der Waals surface area contributed by atoms with E-state index in [-0.39, 0.29) is 23.7 Å². The maximum absolute atomic E-state index is 12.7. The summed E-state index contributed by atoms with van der Waals surface area (Å²) in [4.78, 5) is 27.2. The van der Waals surface area contributed by atoms with Gasteiger partial charge >= 0.3 is 0 Å². The topological polar surface area (TPSA) is 61.4 Å². The number of carbonyl (C=O) groups is 2. The molecule has 0 unspecified atom stereocenters. The molecule has 1 fully saturated rings. The first-order valence-corrected chi connectivity index (χ1v) is 10.9. The number of aryl methyl sites for hydroxylation is 1. The number of amides is 2. The number of carbonyl (C=O) groups excluding carboxylic acids is 2. The number of nitrogens with zero attached hydrogens (tertiary/aromatic N) is 1. The van der Waals surface area contributed by atoms with E-state index in [9.17, 15) is 9.59 Å². The molecule has 0 spiro atoms. The van der Waals surface area contributed by atoms with E-state index in [4.69, 9.17) is 0 Å². The summed E-state index contributed by atoms with van der Waals surface area (Å²) >= 11 is 0. The molecule has 0 saturated heterocycles. The molecule has 5 heteroatoms. The van der Waals surface area contributed by atoms with Crippen LogP contribution in [0.3, 0.4) is 0 Å². The molecular formula is C23H37N3O2. The van der Waals surface area contributed by atoms with Gasteiger partial charge in [-0.15, -0.1) is 0 Å². The lowest BCUT2D eigenvalue weighted by atomic mass is 9.81. The third-order valence-corrected chi connectivity index (χ3v) is 5.89. The first-order valence-electron chi connectivity index (χ1n) is 10.9. The largest absolute Gasteiger partial charge is 0.372 e. The second-order valence-corrected chi connectivity index (χ2v) is 7.85. The van der Waals surface area contributed by atoms with Crippen LogP contribution in [0.1, 0.15) is 64.9 Å². The van der Waals surface area contributed by atoms with Crippen molar-refractivity contribution in [3.8, 4) is 0 Å². The van der Waals surface area contributed by atoms with E-state index in [2.05, 4.69) is 48.4 Å². The molecule has 2 amide bonds. The van der Waals surface area contributed by atoms with E-state index in [1.807, 2.05) is 13.0 Å². The third kappa shape index (κ3) is 5.98. The Bertz CT molecular complexity index is 647. The Morgan fingerprint density at radius 1 is 1.00 bits per heavy atom. The third-order valence-electron chi connectivity index (χ3n) is 5.89. The number of hydrogen-bond donors (Lipinski definition) is 2. The molecule has 0 heterocycles. The highest BCUT2D eigenvalue weighted by Crippen LogP contribution is 2.31. The monoisotopic (exact) mass is 387 g/mol. The van der Waals surface area contributed by atoms with Crippen LogP contribution in [0.25, 0.3) is 0 Å². The molecule has 0 radical (unpaired) electrons. The first kappa shape index (κ1) is 22.3. The highest BCUT2D eigenvalue weighted by Gasteiger charge is 2.30. The standard InChI is InChI=1S/C23H37N3O2/c1-5-8-15-24-22(27)18-9-11-19(12-10-18)23(28)25-21-14-13-20(16-17(21)4)26(6-2)7-3/h13-14,16,18-19H,5-12,15H2,1-4H3,(H,24,27)(H,25,28). The molecule has 1 aliphatic carbocycles. The summed E-state index contributed by atoms with van der Waals surface area (Å²) < 4.78 is 0. The second kappa shape index (κ2) is 11.1. The minimum atomic E-state index is 0.00144. The van der Waals surface area contributed by atoms with Crippen LogP contribution in [0, 0.1) is 18.8 Å². The summed E-state index contributed by atoms with van der Waals surface area (Å²) in [6, 6.07) is 6.22. The van der Waals surface area contributed by atoms with Gasteiger partial charge in [0.25, 0.3) is 0 Å². The van der Waals surface area contributed by atoms with Gasteiger partial charge in [0, 0.05) is 42.8 Å². The van der Waals surface area contributed by atoms with Gasteiger partial charge in [0.15, 0.2) is 0 Å². The van der Waals surface area contributed by atoms with E-state index in [1.165, 1.54) is 5.69 Å². The predicted molar refractivity (Wildman–Crippen MR) is 117 cm³/mol. The van der Waals surface area contributed by atoms with Crippen molar-refractivity contribution in [1.82, 2.24) is 5.32 Å². The maximum Gasteiger partial charge on any atom is 0.227 e. The number of rotatable bonds is 9. The van der Waals surface area contributed by atoms with E-state index >= 15 is 0 Å². The van der Waals surface area contributed by atoms with Gasteiger partial charge in [-0.05, 0) is 76.6 Å². The minimum Gasteiger partial charge on any atom is -0.372 e. The number of unbranched alkanes of at least 4 members (excludes halogenated alkanes) is 1. The zero-order valence-corrected chi connectivity index (χ0v) is 18.0. The molecule has 2 rings (SSSR count). The van der Waals surface area contributed by atoms with E-state index in [0.29, 0.717) is 0 Å². The molecule has 2 N–H and O–H groups in total. The molecule has 1 aromatic rings. The molecule has 28 heavy (non-hydrogen) atoms. The van der Waals surface area contributed by atoms with Crippen LogP contribution in [0.4, 0.5) is 11.4 Å². The van der Waals surface area contributed by atoms with Gasteiger partial charge in [-0.2, -0.15) is 0 Å². The first-order chi connectivity index (χ1) is 13.5. The van der Waals surface area contributed by atoms with Crippen molar-refractivity contribution in [2.75, 3.05) is 29.9 Å². The predicted octanol–water partition coefficient (Wildman–Crippen LogP) is 4.50. The van der Waals surface area contributed by atoms with Gasteiger partial charge in [-0.3, -0.25) is 9.59 Å². The number of nitrogens with one attached hydrogen (secondary N) is 2. The fraction of sp³-hybridized carbons (Fsp3) is 0.652. The van der Waals surface area contributed by atoms with Gasteiger partial charge in [0.05, 0.1) is 0 Å². The maximum atomic E-state index is 12.7. The fourth-order valence-electron chi connectivity index (χ4n) is 3.96. The average Bonchev–Trinajstić information content (AvgIpc) is 2.71. The Morgan fingerprint density at radius 3 is 2.14 bits per heavy atom. The molecule has 0 atom stereocenters. The normalized spacial score (nSPS) is 19.1. The Morgan fingerprint density at radius 2 is 1.61 bits per heavy atom. The van der Waals surface area contributed by atoms with Crippen molar-refractivity contribution in [3.63, 3.8) is 0 Å². The van der Waals surface area contributed by atoms with Crippen molar-refractivity contribution in [2.24, 2.45) is 11.8 Å². The van der Waals surface area contributed by atoms with E-state index in [1.54, 1.807) is 0 Å². The van der Waals surface area contributed by atoms with Crippen LogP contribution in [0.5, 0.6) is 0 Å². The lowest BCUT2D eigenvalue weighted by Gasteiger charge is -2.27. The summed E-state index contributed by atoms with van der Waals surface area (Å²) in [5, 5.41) is 6.14. The lowest BCUT2D eigenvalue weighted by molar-refractivity contribution is -0.128. The number of anilines is 2. The number of benzene rings is 1. The average molecular weight is 388 g/mol. The van der Waals surface area contributed by atoms with Crippen molar-refractivity contribution < 1.29 is 9.59 Å². The molecule has 1 saturated carbocycles. The van der Waals surface area contributed by atoms with Crippen molar-refractivity contribution in [2.45, 2.75) is 66.2 Å². The zero-order valence-electron chi connectivity index (χ0n) is 18.0. The molecule has 156 valence electrons. The van der Waals surface area contributed by atoms with Crippen LogP contribution in [-0.2, 0) is 9.59 Å². The molecule has 0 aliphatic heterocycles. The van der Waals surface area contributed by atoms with Gasteiger partial charge < -0.3 is 15.5 Å². The Balaban J connectivity index is 1.86. The molecule has 5 nitrogen and oxygen atoms in total. The summed E-state index contributed by atoms with van der Waals surface area (Å²) in [6.45, 7) is 11.2. The lowest BCUT2D eigenvalue weighted by Crippen LogP contribution is -2.36. The zero-order chi connectivity index (χ0) is 20.5. The Kier molecular flexibility index (Phi) is 8.81. The van der Waals surface area contributed by atoms with E-state index in [0.717, 1.165) is 69.4 Å². The second-order valence-electron chi connectivity index (χ2n) is 7.85. The minimum absolute atomic E-state index is 0.00144. The van der Waals surface area contributed by atoms with Crippen molar-refractivity contribution in [1.29, 1.82) is 0 Å². The summed E-state index contributed by atoms with van der Waals surface area (Å²) in [5.41, 5.74) is 3.16. The quantitative estimate of drug-likeness (QED) is 0.613. The summed E-state index contributed by atoms with van der Waals surface area (Å²) in [5.74, 6) is 0.316. The van der Waals surface area contributed by atoms with Crippen molar-refractivity contribution in [3.05, 3.63) is 23.8 Å². The molecule has 1 aromatic carbocycles. The van der Waals surface area contributed by atoms with Gasteiger partial charge in [-0.25, -0.2) is 0 Å². The van der Waals surface area contributed by atoms with Crippen LogP contribution >= 0.6 is 0 Å². The van der Waals surface area contributed by atoms with Crippen LogP contribution in [0.2, 0.25) is 0 Å².